The van der Waals surface area contributed by atoms with Crippen molar-refractivity contribution in [2.75, 3.05) is 32.8 Å². The fourth-order valence-corrected chi connectivity index (χ4v) is 3.89. The fourth-order valence-electron chi connectivity index (χ4n) is 3.89. The number of amides is 2. The summed E-state index contributed by atoms with van der Waals surface area (Å²) in [6.45, 7) is 4.92. The average molecular weight is 343 g/mol. The second-order valence-corrected chi connectivity index (χ2v) is 7.64. The molecule has 1 spiro atoms. The van der Waals surface area contributed by atoms with Gasteiger partial charge in [0, 0.05) is 44.6 Å². The summed E-state index contributed by atoms with van der Waals surface area (Å²) in [6.07, 6.45) is 5.24. The molecule has 0 aromatic carbocycles. The molecular weight excluding hydrogens is 318 g/mol. The molecule has 25 heavy (non-hydrogen) atoms. The van der Waals surface area contributed by atoms with Crippen LogP contribution in [0.5, 0.6) is 0 Å². The van der Waals surface area contributed by atoms with Crippen LogP contribution >= 0.6 is 0 Å². The number of hydrogen-bond acceptors (Lipinski definition) is 4. The number of aryl methyl sites for hydroxylation is 1. The van der Waals surface area contributed by atoms with Crippen LogP contribution in [0, 0.1) is 12.8 Å². The molecule has 2 aliphatic heterocycles. The summed E-state index contributed by atoms with van der Waals surface area (Å²) in [7, 11) is 0. The number of rotatable bonds is 3. The van der Waals surface area contributed by atoms with Crippen LogP contribution in [0.1, 0.15) is 41.7 Å². The Morgan fingerprint density at radius 2 is 2.24 bits per heavy atom. The van der Waals surface area contributed by atoms with Crippen molar-refractivity contribution in [3.63, 3.8) is 0 Å². The molecule has 1 aromatic heterocycles. The van der Waals surface area contributed by atoms with Gasteiger partial charge in [-0.1, -0.05) is 0 Å². The molecule has 3 heterocycles. The zero-order valence-corrected chi connectivity index (χ0v) is 14.7. The van der Waals surface area contributed by atoms with Gasteiger partial charge in [0.25, 0.3) is 5.91 Å². The van der Waals surface area contributed by atoms with Gasteiger partial charge in [0.2, 0.25) is 5.91 Å². The lowest BCUT2D eigenvalue weighted by Crippen LogP contribution is -2.57. The Hall–Kier alpha value is -1.95. The van der Waals surface area contributed by atoms with Crippen molar-refractivity contribution in [2.24, 2.45) is 5.92 Å². The molecule has 134 valence electrons. The molecule has 3 fully saturated rings. The Morgan fingerprint density at radius 1 is 1.40 bits per heavy atom. The molecule has 2 saturated heterocycles. The minimum atomic E-state index is -0.357. The molecule has 1 atom stereocenters. The lowest BCUT2D eigenvalue weighted by Gasteiger charge is -2.40. The molecule has 2 amide bonds. The molecule has 6 heteroatoms. The Balaban J connectivity index is 1.59. The van der Waals surface area contributed by atoms with Gasteiger partial charge in [-0.3, -0.25) is 14.6 Å². The second-order valence-electron chi connectivity index (χ2n) is 7.64. The summed E-state index contributed by atoms with van der Waals surface area (Å²) < 4.78 is 5.68. The highest BCUT2D eigenvalue weighted by Crippen LogP contribution is 2.37. The zero-order chi connectivity index (χ0) is 17.4. The van der Waals surface area contributed by atoms with E-state index in [-0.39, 0.29) is 17.4 Å². The first kappa shape index (κ1) is 16.5. The highest BCUT2D eigenvalue weighted by Gasteiger charge is 2.48. The monoisotopic (exact) mass is 343 g/mol. The summed E-state index contributed by atoms with van der Waals surface area (Å²) in [4.78, 5) is 33.9. The molecule has 1 aromatic rings. The topological polar surface area (TPSA) is 62.7 Å². The predicted molar refractivity (Wildman–Crippen MR) is 92.1 cm³/mol. The third-order valence-electron chi connectivity index (χ3n) is 5.62. The summed E-state index contributed by atoms with van der Waals surface area (Å²) in [5.74, 6) is 0.750. The molecule has 1 saturated carbocycles. The first-order chi connectivity index (χ1) is 12.1. The van der Waals surface area contributed by atoms with Crippen molar-refractivity contribution in [3.8, 4) is 0 Å². The van der Waals surface area contributed by atoms with Crippen LogP contribution in [0.15, 0.2) is 18.3 Å². The Kier molecular flexibility index (Phi) is 4.23. The smallest absolute Gasteiger partial charge is 0.255 e. The molecule has 0 radical (unpaired) electrons. The van der Waals surface area contributed by atoms with Gasteiger partial charge >= 0.3 is 0 Å². The molecule has 3 aliphatic rings. The molecule has 0 N–H and O–H groups in total. The van der Waals surface area contributed by atoms with Crippen molar-refractivity contribution in [1.29, 1.82) is 0 Å². The Bertz CT molecular complexity index is 663. The first-order valence-corrected chi connectivity index (χ1v) is 9.18. The number of hydrogen-bond donors (Lipinski definition) is 0. The van der Waals surface area contributed by atoms with E-state index in [1.165, 1.54) is 12.8 Å². The number of pyridine rings is 1. The maximum absolute atomic E-state index is 13.0. The van der Waals surface area contributed by atoms with Crippen LogP contribution in [0.25, 0.3) is 0 Å². The second kappa shape index (κ2) is 6.41. The molecule has 1 aliphatic carbocycles. The van der Waals surface area contributed by atoms with Crippen LogP contribution in [-0.4, -0.2) is 65.0 Å². The summed E-state index contributed by atoms with van der Waals surface area (Å²) in [5.41, 5.74) is 1.12. The average Bonchev–Trinajstić information content (AvgIpc) is 3.34. The maximum Gasteiger partial charge on any atom is 0.255 e. The summed E-state index contributed by atoms with van der Waals surface area (Å²) in [5, 5.41) is 0. The molecule has 0 bridgehead atoms. The number of carbonyl (C=O) groups is 2. The van der Waals surface area contributed by atoms with Gasteiger partial charge in [0.05, 0.1) is 17.7 Å². The largest absolute Gasteiger partial charge is 0.379 e. The molecular formula is C19H25N3O3. The number of nitrogens with zero attached hydrogens (tertiary/aromatic N) is 3. The standard InChI is InChI=1S/C19H25N3O3/c1-14-2-5-16(10-20-14)18(24)21-8-6-17(23)22(11-15-3-4-15)19(12-21)7-9-25-13-19/h2,5,10,15H,3-4,6-9,11-13H2,1H3. The third-order valence-corrected chi connectivity index (χ3v) is 5.62. The summed E-state index contributed by atoms with van der Waals surface area (Å²) in [6, 6.07) is 3.67. The summed E-state index contributed by atoms with van der Waals surface area (Å²) >= 11 is 0. The van der Waals surface area contributed by atoms with Crippen molar-refractivity contribution in [1.82, 2.24) is 14.8 Å². The van der Waals surface area contributed by atoms with Crippen LogP contribution in [0.4, 0.5) is 0 Å². The van der Waals surface area contributed by atoms with Gasteiger partial charge in [-0.2, -0.15) is 0 Å². The van der Waals surface area contributed by atoms with Gasteiger partial charge in [-0.25, -0.2) is 0 Å². The molecule has 4 rings (SSSR count). The van der Waals surface area contributed by atoms with Crippen molar-refractivity contribution < 1.29 is 14.3 Å². The SMILES string of the molecule is Cc1ccc(C(=O)N2CCC(=O)N(CC3CC3)C3(CCOC3)C2)cn1. The number of carbonyl (C=O) groups excluding carboxylic acids is 2. The van der Waals surface area contributed by atoms with Crippen LogP contribution in [0.3, 0.4) is 0 Å². The zero-order valence-electron chi connectivity index (χ0n) is 14.7. The van der Waals surface area contributed by atoms with E-state index in [0.29, 0.717) is 44.2 Å². The van der Waals surface area contributed by atoms with Gasteiger partial charge < -0.3 is 14.5 Å². The highest BCUT2D eigenvalue weighted by molar-refractivity contribution is 5.94. The maximum atomic E-state index is 13.0. The van der Waals surface area contributed by atoms with E-state index < -0.39 is 0 Å². The van der Waals surface area contributed by atoms with Crippen molar-refractivity contribution in [2.45, 2.75) is 38.1 Å². The number of ether oxygens (including phenoxy) is 1. The van der Waals surface area contributed by atoms with Crippen LogP contribution in [0.2, 0.25) is 0 Å². The van der Waals surface area contributed by atoms with E-state index in [1.54, 1.807) is 6.20 Å². The van der Waals surface area contributed by atoms with Crippen LogP contribution < -0.4 is 0 Å². The van der Waals surface area contributed by atoms with E-state index >= 15 is 0 Å². The Morgan fingerprint density at radius 3 is 2.88 bits per heavy atom. The highest BCUT2D eigenvalue weighted by atomic mass is 16.5. The van der Waals surface area contributed by atoms with E-state index in [0.717, 1.165) is 18.7 Å². The van der Waals surface area contributed by atoms with Gasteiger partial charge in [-0.05, 0) is 44.2 Å². The van der Waals surface area contributed by atoms with E-state index in [4.69, 9.17) is 4.74 Å². The Labute approximate surface area is 148 Å². The molecule has 6 nitrogen and oxygen atoms in total. The van der Waals surface area contributed by atoms with E-state index in [9.17, 15) is 9.59 Å². The third kappa shape index (κ3) is 3.27. The minimum absolute atomic E-state index is 0.0418. The lowest BCUT2D eigenvalue weighted by atomic mass is 9.94. The van der Waals surface area contributed by atoms with Crippen molar-refractivity contribution in [3.05, 3.63) is 29.6 Å². The lowest BCUT2D eigenvalue weighted by molar-refractivity contribution is -0.136. The van der Waals surface area contributed by atoms with Crippen LogP contribution in [-0.2, 0) is 9.53 Å². The van der Waals surface area contributed by atoms with Gasteiger partial charge in [0.1, 0.15) is 0 Å². The minimum Gasteiger partial charge on any atom is -0.379 e. The normalized spacial score (nSPS) is 27.0. The van der Waals surface area contributed by atoms with Gasteiger partial charge in [-0.15, -0.1) is 0 Å². The fraction of sp³-hybridized carbons (Fsp3) is 0.632. The quantitative estimate of drug-likeness (QED) is 0.837. The van der Waals surface area contributed by atoms with E-state index in [1.807, 2.05) is 28.9 Å². The number of aromatic nitrogens is 1. The van der Waals surface area contributed by atoms with Crippen molar-refractivity contribution >= 4 is 11.8 Å². The predicted octanol–water partition coefficient (Wildman–Crippen LogP) is 1.63. The van der Waals surface area contributed by atoms with E-state index in [2.05, 4.69) is 4.98 Å². The molecule has 1 unspecified atom stereocenters. The van der Waals surface area contributed by atoms with Gasteiger partial charge in [0.15, 0.2) is 0 Å². The first-order valence-electron chi connectivity index (χ1n) is 9.18.